The minimum atomic E-state index is 0.00359. The van der Waals surface area contributed by atoms with Crippen LogP contribution in [0.1, 0.15) is 12.0 Å². The zero-order valence-electron chi connectivity index (χ0n) is 15.2. The van der Waals surface area contributed by atoms with Crippen LogP contribution in [0.25, 0.3) is 0 Å². The minimum absolute atomic E-state index is 0.00359. The molecule has 0 aromatic heterocycles. The molecule has 1 atom stereocenters. The molecule has 0 bridgehead atoms. The number of nitrogens with one attached hydrogen (secondary N) is 1. The number of carbonyl (C=O) groups is 1. The largest absolute Gasteiger partial charge is 0.486 e. The lowest BCUT2D eigenvalue weighted by atomic mass is 10.1. The number of amides is 1. The van der Waals surface area contributed by atoms with E-state index < -0.39 is 0 Å². The van der Waals surface area contributed by atoms with Crippen LogP contribution in [0.5, 0.6) is 11.5 Å². The molecule has 4 rings (SSSR count). The fourth-order valence-corrected chi connectivity index (χ4v) is 3.45. The van der Waals surface area contributed by atoms with Crippen molar-refractivity contribution in [2.75, 3.05) is 38.3 Å². The van der Waals surface area contributed by atoms with Gasteiger partial charge in [-0.05, 0) is 29.8 Å². The molecule has 2 heterocycles. The van der Waals surface area contributed by atoms with Crippen LogP contribution in [-0.2, 0) is 16.1 Å². The molecule has 1 amide bonds. The van der Waals surface area contributed by atoms with E-state index in [0.29, 0.717) is 32.8 Å². The average Bonchev–Trinajstić information content (AvgIpc) is 2.70. The highest BCUT2D eigenvalue weighted by Gasteiger charge is 2.26. The Kier molecular flexibility index (Phi) is 5.55. The molecule has 1 N–H and O–H groups in total. The first kappa shape index (κ1) is 17.8. The lowest BCUT2D eigenvalue weighted by molar-refractivity contribution is -0.119. The van der Waals surface area contributed by atoms with E-state index in [1.54, 1.807) is 0 Å². The van der Waals surface area contributed by atoms with E-state index in [2.05, 4.69) is 16.3 Å². The Morgan fingerprint density at radius 1 is 1.04 bits per heavy atom. The number of carbonyl (C=O) groups excluding carboxylic acids is 1. The molecule has 0 spiro atoms. The smallest absolute Gasteiger partial charge is 0.226 e. The van der Waals surface area contributed by atoms with E-state index in [0.717, 1.165) is 35.8 Å². The Morgan fingerprint density at radius 2 is 1.85 bits per heavy atom. The molecule has 0 radical (unpaired) electrons. The molecule has 2 aromatic rings. The molecule has 2 aliphatic rings. The monoisotopic (exact) mass is 368 g/mol. The van der Waals surface area contributed by atoms with E-state index in [9.17, 15) is 4.79 Å². The second kappa shape index (κ2) is 8.41. The van der Waals surface area contributed by atoms with Crippen molar-refractivity contribution in [2.24, 2.45) is 0 Å². The summed E-state index contributed by atoms with van der Waals surface area (Å²) in [7, 11) is 0. The molecule has 6 nitrogen and oxygen atoms in total. The maximum Gasteiger partial charge on any atom is 0.226 e. The first-order valence-electron chi connectivity index (χ1n) is 9.33. The Morgan fingerprint density at radius 3 is 2.70 bits per heavy atom. The Hall–Kier alpha value is -2.57. The lowest BCUT2D eigenvalue weighted by Gasteiger charge is -2.35. The Balaban J connectivity index is 1.39. The van der Waals surface area contributed by atoms with Crippen LogP contribution in [0.15, 0.2) is 48.5 Å². The number of nitrogens with zero attached hydrogens (tertiary/aromatic N) is 1. The maximum atomic E-state index is 12.4. The van der Waals surface area contributed by atoms with Gasteiger partial charge in [-0.15, -0.1) is 0 Å². The molecule has 0 saturated carbocycles. The number of fused-ring (bicyclic) bond motifs is 1. The van der Waals surface area contributed by atoms with Crippen LogP contribution < -0.4 is 14.8 Å². The average molecular weight is 368 g/mol. The number of para-hydroxylation sites is 1. The number of hydrogen-bond donors (Lipinski definition) is 1. The summed E-state index contributed by atoms with van der Waals surface area (Å²) in [6.07, 6.45) is 0.402. The number of rotatable bonds is 5. The third kappa shape index (κ3) is 4.59. The van der Waals surface area contributed by atoms with E-state index >= 15 is 0 Å². The van der Waals surface area contributed by atoms with Gasteiger partial charge in [0.2, 0.25) is 5.91 Å². The van der Waals surface area contributed by atoms with Gasteiger partial charge in [-0.1, -0.05) is 24.3 Å². The highest BCUT2D eigenvalue weighted by Crippen LogP contribution is 2.31. The second-order valence-corrected chi connectivity index (χ2v) is 6.80. The van der Waals surface area contributed by atoms with Crippen LogP contribution in [0, 0.1) is 0 Å². The summed E-state index contributed by atoms with van der Waals surface area (Å²) in [5.41, 5.74) is 1.97. The van der Waals surface area contributed by atoms with Crippen molar-refractivity contribution in [1.29, 1.82) is 0 Å². The van der Waals surface area contributed by atoms with Crippen LogP contribution in [-0.4, -0.2) is 49.8 Å². The molecule has 142 valence electrons. The summed E-state index contributed by atoms with van der Waals surface area (Å²) in [6, 6.07) is 15.6. The molecule has 1 saturated heterocycles. The lowest BCUT2D eigenvalue weighted by Crippen LogP contribution is -2.46. The normalized spacial score (nSPS) is 19.5. The highest BCUT2D eigenvalue weighted by atomic mass is 16.6. The predicted octanol–water partition coefficient (Wildman–Crippen LogP) is 2.69. The summed E-state index contributed by atoms with van der Waals surface area (Å²) >= 11 is 0. The molecule has 27 heavy (non-hydrogen) atoms. The van der Waals surface area contributed by atoms with Gasteiger partial charge < -0.3 is 19.5 Å². The Labute approximate surface area is 159 Å². The fraction of sp³-hybridized carbons (Fsp3) is 0.381. The van der Waals surface area contributed by atoms with E-state index in [1.807, 2.05) is 42.5 Å². The van der Waals surface area contributed by atoms with Gasteiger partial charge in [0.05, 0.1) is 13.2 Å². The van der Waals surface area contributed by atoms with Gasteiger partial charge in [-0.3, -0.25) is 9.69 Å². The standard InChI is InChI=1S/C21H24N2O4/c24-21(22-17-4-2-1-3-5-17)13-18-15-25-9-8-23(18)14-16-6-7-19-20(12-16)27-11-10-26-19/h1-7,12,18H,8-11,13-15H2,(H,22,24). The SMILES string of the molecule is O=C(CC1COCCN1Cc1ccc2c(c1)OCCO2)Nc1ccccc1. The van der Waals surface area contributed by atoms with Crippen molar-refractivity contribution < 1.29 is 19.0 Å². The van der Waals surface area contributed by atoms with Crippen LogP contribution in [0.2, 0.25) is 0 Å². The first-order valence-corrected chi connectivity index (χ1v) is 9.33. The molecule has 6 heteroatoms. The summed E-state index contributed by atoms with van der Waals surface area (Å²) in [5.74, 6) is 1.60. The zero-order valence-corrected chi connectivity index (χ0v) is 15.2. The van der Waals surface area contributed by atoms with Crippen LogP contribution in [0.3, 0.4) is 0 Å². The van der Waals surface area contributed by atoms with Gasteiger partial charge in [0.25, 0.3) is 0 Å². The van der Waals surface area contributed by atoms with Crippen molar-refractivity contribution in [1.82, 2.24) is 4.90 Å². The van der Waals surface area contributed by atoms with Crippen molar-refractivity contribution in [3.8, 4) is 11.5 Å². The van der Waals surface area contributed by atoms with Crippen molar-refractivity contribution >= 4 is 11.6 Å². The first-order chi connectivity index (χ1) is 13.3. The molecule has 1 unspecified atom stereocenters. The number of anilines is 1. The summed E-state index contributed by atoms with van der Waals surface area (Å²) in [5, 5.41) is 2.96. The second-order valence-electron chi connectivity index (χ2n) is 6.80. The van der Waals surface area contributed by atoms with Crippen LogP contribution >= 0.6 is 0 Å². The third-order valence-corrected chi connectivity index (χ3v) is 4.82. The number of ether oxygens (including phenoxy) is 3. The number of benzene rings is 2. The summed E-state index contributed by atoms with van der Waals surface area (Å²) in [6.45, 7) is 3.97. The molecular formula is C21H24N2O4. The van der Waals surface area contributed by atoms with Gasteiger partial charge in [0.15, 0.2) is 11.5 Å². The molecule has 2 aliphatic heterocycles. The van der Waals surface area contributed by atoms with E-state index in [1.165, 1.54) is 0 Å². The Bertz CT molecular complexity index is 781. The van der Waals surface area contributed by atoms with Gasteiger partial charge in [-0.25, -0.2) is 0 Å². The van der Waals surface area contributed by atoms with E-state index in [4.69, 9.17) is 14.2 Å². The van der Waals surface area contributed by atoms with Crippen molar-refractivity contribution in [2.45, 2.75) is 19.0 Å². The summed E-state index contributed by atoms with van der Waals surface area (Å²) < 4.78 is 16.9. The number of morpholine rings is 1. The number of hydrogen-bond acceptors (Lipinski definition) is 5. The van der Waals surface area contributed by atoms with Gasteiger partial charge >= 0.3 is 0 Å². The van der Waals surface area contributed by atoms with Crippen molar-refractivity contribution in [3.63, 3.8) is 0 Å². The third-order valence-electron chi connectivity index (χ3n) is 4.82. The molecule has 1 fully saturated rings. The minimum Gasteiger partial charge on any atom is -0.486 e. The van der Waals surface area contributed by atoms with E-state index in [-0.39, 0.29) is 11.9 Å². The molecule has 2 aromatic carbocycles. The highest BCUT2D eigenvalue weighted by molar-refractivity contribution is 5.91. The maximum absolute atomic E-state index is 12.4. The zero-order chi connectivity index (χ0) is 18.5. The topological polar surface area (TPSA) is 60.0 Å². The van der Waals surface area contributed by atoms with Gasteiger partial charge in [0.1, 0.15) is 13.2 Å². The van der Waals surface area contributed by atoms with Gasteiger partial charge in [0, 0.05) is 31.2 Å². The van der Waals surface area contributed by atoms with Crippen LogP contribution in [0.4, 0.5) is 5.69 Å². The molecular weight excluding hydrogens is 344 g/mol. The van der Waals surface area contributed by atoms with Crippen molar-refractivity contribution in [3.05, 3.63) is 54.1 Å². The predicted molar refractivity (Wildman–Crippen MR) is 102 cm³/mol. The summed E-state index contributed by atoms with van der Waals surface area (Å²) in [4.78, 5) is 14.7. The quantitative estimate of drug-likeness (QED) is 0.879. The molecule has 0 aliphatic carbocycles. The fourth-order valence-electron chi connectivity index (χ4n) is 3.45. The van der Waals surface area contributed by atoms with Gasteiger partial charge in [-0.2, -0.15) is 0 Å².